The lowest BCUT2D eigenvalue weighted by atomic mass is 9.91. The van der Waals surface area contributed by atoms with E-state index in [0.29, 0.717) is 28.1 Å². The monoisotopic (exact) mass is 317 g/mol. The van der Waals surface area contributed by atoms with E-state index in [1.807, 2.05) is 0 Å². The first-order valence-electron chi connectivity index (χ1n) is 6.87. The van der Waals surface area contributed by atoms with Gasteiger partial charge in [-0.05, 0) is 42.3 Å². The van der Waals surface area contributed by atoms with E-state index in [-0.39, 0.29) is 11.5 Å². The summed E-state index contributed by atoms with van der Waals surface area (Å²) in [7, 11) is 0. The Hall–Kier alpha value is -2.33. The molecule has 1 unspecified atom stereocenters. The molecule has 5 heteroatoms. The quantitative estimate of drug-likeness (QED) is 0.650. The van der Waals surface area contributed by atoms with Gasteiger partial charge in [-0.3, -0.25) is 9.59 Å². The van der Waals surface area contributed by atoms with Crippen LogP contribution in [0.25, 0.3) is 0 Å². The molecule has 114 valence electrons. The lowest BCUT2D eigenvalue weighted by molar-refractivity contribution is -0.138. The lowest BCUT2D eigenvalue weighted by Gasteiger charge is -2.15. The van der Waals surface area contributed by atoms with Gasteiger partial charge in [0.05, 0.1) is 5.92 Å². The Morgan fingerprint density at radius 3 is 2.36 bits per heavy atom. The van der Waals surface area contributed by atoms with Crippen molar-refractivity contribution < 1.29 is 14.7 Å². The molecule has 2 aromatic rings. The van der Waals surface area contributed by atoms with Crippen molar-refractivity contribution in [3.63, 3.8) is 0 Å². The molecule has 2 rings (SSSR count). The third kappa shape index (κ3) is 3.12. The molecule has 1 atom stereocenters. The Balaban J connectivity index is 2.46. The van der Waals surface area contributed by atoms with E-state index in [9.17, 15) is 14.7 Å². The van der Waals surface area contributed by atoms with Crippen LogP contribution >= 0.6 is 11.6 Å². The number of anilines is 1. The van der Waals surface area contributed by atoms with E-state index < -0.39 is 11.9 Å². The third-order valence-corrected chi connectivity index (χ3v) is 3.82. The topological polar surface area (TPSA) is 80.4 Å². The number of nitrogens with two attached hydrogens (primary N) is 1. The number of ketones is 1. The Bertz CT molecular complexity index is 710. The summed E-state index contributed by atoms with van der Waals surface area (Å²) in [6, 6.07) is 11.4. The molecule has 0 spiro atoms. The molecule has 4 nitrogen and oxygen atoms in total. The molecular weight excluding hydrogens is 302 g/mol. The molecule has 0 heterocycles. The minimum Gasteiger partial charge on any atom is -0.481 e. The molecule has 0 fully saturated rings. The molecule has 0 aliphatic carbocycles. The van der Waals surface area contributed by atoms with Crippen LogP contribution in [0.5, 0.6) is 0 Å². The summed E-state index contributed by atoms with van der Waals surface area (Å²) < 4.78 is 0. The van der Waals surface area contributed by atoms with Gasteiger partial charge < -0.3 is 10.8 Å². The molecule has 3 N–H and O–H groups in total. The Kier molecular flexibility index (Phi) is 4.83. The number of carbonyl (C=O) groups excluding carboxylic acids is 1. The van der Waals surface area contributed by atoms with Gasteiger partial charge in [-0.1, -0.05) is 30.7 Å². The van der Waals surface area contributed by atoms with Crippen LogP contribution in [0, 0.1) is 0 Å². The average molecular weight is 318 g/mol. The van der Waals surface area contributed by atoms with Gasteiger partial charge in [0.2, 0.25) is 0 Å². The van der Waals surface area contributed by atoms with Crippen molar-refractivity contribution in [2.75, 3.05) is 5.73 Å². The number of para-hydroxylation sites is 1. The Morgan fingerprint density at radius 2 is 1.82 bits per heavy atom. The number of hydrogen-bond donors (Lipinski definition) is 2. The number of hydrogen-bond acceptors (Lipinski definition) is 3. The van der Waals surface area contributed by atoms with Crippen LogP contribution in [0.4, 0.5) is 5.69 Å². The van der Waals surface area contributed by atoms with Crippen LogP contribution in [0.2, 0.25) is 5.02 Å². The van der Waals surface area contributed by atoms with Gasteiger partial charge >= 0.3 is 5.97 Å². The van der Waals surface area contributed by atoms with E-state index in [0.717, 1.165) is 0 Å². The van der Waals surface area contributed by atoms with Crippen molar-refractivity contribution >= 4 is 29.0 Å². The maximum atomic E-state index is 12.5. The summed E-state index contributed by atoms with van der Waals surface area (Å²) in [5, 5.41) is 9.81. The first kappa shape index (κ1) is 16.0. The van der Waals surface area contributed by atoms with E-state index in [4.69, 9.17) is 17.3 Å². The van der Waals surface area contributed by atoms with Crippen LogP contribution in [0.3, 0.4) is 0 Å². The number of carboxylic acid groups (broad SMARTS) is 1. The predicted octanol–water partition coefficient (Wildman–Crippen LogP) is 3.73. The fourth-order valence-electron chi connectivity index (χ4n) is 2.37. The van der Waals surface area contributed by atoms with Gasteiger partial charge in [0.25, 0.3) is 0 Å². The number of rotatable bonds is 5. The molecule has 0 bridgehead atoms. The first-order chi connectivity index (χ1) is 10.5. The van der Waals surface area contributed by atoms with Crippen molar-refractivity contribution in [3.8, 4) is 0 Å². The maximum absolute atomic E-state index is 12.5. The number of nitrogen functional groups attached to an aromatic ring is 1. The smallest absolute Gasteiger partial charge is 0.311 e. The van der Waals surface area contributed by atoms with Gasteiger partial charge in [-0.15, -0.1) is 0 Å². The molecule has 0 saturated heterocycles. The number of benzene rings is 2. The fraction of sp³-hybridized carbons (Fsp3) is 0.176. The second-order valence-electron chi connectivity index (χ2n) is 4.94. The molecule has 2 aromatic carbocycles. The van der Waals surface area contributed by atoms with Gasteiger partial charge in [-0.2, -0.15) is 0 Å². The maximum Gasteiger partial charge on any atom is 0.311 e. The second kappa shape index (κ2) is 6.62. The van der Waals surface area contributed by atoms with Crippen LogP contribution < -0.4 is 5.73 Å². The third-order valence-electron chi connectivity index (χ3n) is 3.57. The summed E-state index contributed by atoms with van der Waals surface area (Å²) in [5.41, 5.74) is 7.50. The average Bonchev–Trinajstić information content (AvgIpc) is 2.49. The van der Waals surface area contributed by atoms with Gasteiger partial charge in [-0.25, -0.2) is 0 Å². The van der Waals surface area contributed by atoms with E-state index in [2.05, 4.69) is 0 Å². The highest BCUT2D eigenvalue weighted by Gasteiger charge is 2.23. The van der Waals surface area contributed by atoms with Crippen LogP contribution in [0.15, 0.2) is 42.5 Å². The summed E-state index contributed by atoms with van der Waals surface area (Å²) in [6.45, 7) is 1.77. The first-order valence-corrected chi connectivity index (χ1v) is 7.25. The number of carboxylic acids is 1. The highest BCUT2D eigenvalue weighted by Crippen LogP contribution is 2.29. The molecule has 0 aliphatic rings. The normalized spacial score (nSPS) is 11.9. The molecule has 0 saturated carbocycles. The molecule has 0 aliphatic heterocycles. The van der Waals surface area contributed by atoms with E-state index in [1.54, 1.807) is 49.4 Å². The largest absolute Gasteiger partial charge is 0.481 e. The van der Waals surface area contributed by atoms with Gasteiger partial charge in [0, 0.05) is 21.8 Å². The zero-order valence-electron chi connectivity index (χ0n) is 12.0. The van der Waals surface area contributed by atoms with Crippen LogP contribution in [-0.2, 0) is 4.79 Å². The zero-order chi connectivity index (χ0) is 16.3. The van der Waals surface area contributed by atoms with Crippen molar-refractivity contribution in [2.24, 2.45) is 0 Å². The summed E-state index contributed by atoms with van der Waals surface area (Å²) in [4.78, 5) is 23.9. The van der Waals surface area contributed by atoms with Crippen molar-refractivity contribution in [2.45, 2.75) is 19.3 Å². The summed E-state index contributed by atoms with van der Waals surface area (Å²) in [5.74, 6) is -1.93. The van der Waals surface area contributed by atoms with Crippen LogP contribution in [-0.4, -0.2) is 16.9 Å². The Morgan fingerprint density at radius 1 is 1.18 bits per heavy atom. The molecule has 0 aromatic heterocycles. The van der Waals surface area contributed by atoms with Gasteiger partial charge in [0.15, 0.2) is 5.78 Å². The zero-order valence-corrected chi connectivity index (χ0v) is 12.8. The SMILES string of the molecule is CCC(C(=O)O)c1cccc(C(=O)c2ccc(Cl)cc2)c1N. The standard InChI is InChI=1S/C17H16ClNO3/c1-2-12(17(21)22)13-4-3-5-14(15(13)19)16(20)10-6-8-11(18)9-7-10/h3-9,12H,2,19H2,1H3,(H,21,22). The molecule has 22 heavy (non-hydrogen) atoms. The molecule has 0 amide bonds. The fourth-order valence-corrected chi connectivity index (χ4v) is 2.50. The number of halogens is 1. The van der Waals surface area contributed by atoms with Crippen molar-refractivity contribution in [3.05, 3.63) is 64.2 Å². The Labute approximate surface area is 133 Å². The van der Waals surface area contributed by atoms with Crippen molar-refractivity contribution in [1.82, 2.24) is 0 Å². The van der Waals surface area contributed by atoms with Crippen LogP contribution in [0.1, 0.15) is 40.7 Å². The minimum atomic E-state index is -0.953. The lowest BCUT2D eigenvalue weighted by Crippen LogP contribution is -2.15. The highest BCUT2D eigenvalue weighted by atomic mass is 35.5. The van der Waals surface area contributed by atoms with Crippen molar-refractivity contribution in [1.29, 1.82) is 0 Å². The molecular formula is C17H16ClNO3. The number of aliphatic carboxylic acids is 1. The second-order valence-corrected chi connectivity index (χ2v) is 5.38. The van der Waals surface area contributed by atoms with E-state index in [1.165, 1.54) is 0 Å². The summed E-state index contributed by atoms with van der Waals surface area (Å²) in [6.07, 6.45) is 0.401. The number of carbonyl (C=O) groups is 2. The molecule has 0 radical (unpaired) electrons. The predicted molar refractivity (Wildman–Crippen MR) is 86.4 cm³/mol. The minimum absolute atomic E-state index is 0.219. The summed E-state index contributed by atoms with van der Waals surface area (Å²) >= 11 is 5.81. The van der Waals surface area contributed by atoms with E-state index >= 15 is 0 Å². The highest BCUT2D eigenvalue weighted by molar-refractivity contribution is 6.30. The van der Waals surface area contributed by atoms with Gasteiger partial charge in [0.1, 0.15) is 0 Å².